The van der Waals surface area contributed by atoms with E-state index in [2.05, 4.69) is 47.6 Å². The summed E-state index contributed by atoms with van der Waals surface area (Å²) in [5, 5.41) is 5.39. The fourth-order valence-corrected chi connectivity index (χ4v) is 4.66. The van der Waals surface area contributed by atoms with E-state index in [1.807, 2.05) is 18.5 Å². The van der Waals surface area contributed by atoms with Gasteiger partial charge in [0.15, 0.2) is 0 Å². The van der Waals surface area contributed by atoms with Gasteiger partial charge in [0.2, 0.25) is 0 Å². The Hall–Kier alpha value is -2.99. The van der Waals surface area contributed by atoms with Crippen LogP contribution in [-0.4, -0.2) is 53.5 Å². The van der Waals surface area contributed by atoms with Crippen LogP contribution in [0.4, 0.5) is 4.79 Å². The van der Waals surface area contributed by atoms with Crippen LogP contribution in [0.3, 0.4) is 0 Å². The van der Waals surface area contributed by atoms with E-state index in [9.17, 15) is 4.79 Å². The van der Waals surface area contributed by atoms with Gasteiger partial charge in [0, 0.05) is 45.0 Å². The van der Waals surface area contributed by atoms with Crippen LogP contribution in [0.25, 0.3) is 10.8 Å². The summed E-state index contributed by atoms with van der Waals surface area (Å²) in [7, 11) is 5.71. The minimum absolute atomic E-state index is 0.0514. The molecule has 6 heteroatoms. The van der Waals surface area contributed by atoms with Crippen LogP contribution in [-0.2, 0) is 19.4 Å². The van der Waals surface area contributed by atoms with Crippen molar-refractivity contribution in [3.05, 3.63) is 71.3 Å². The highest BCUT2D eigenvalue weighted by atomic mass is 16.2. The fourth-order valence-electron chi connectivity index (χ4n) is 4.66. The molecule has 0 aliphatic heterocycles. The van der Waals surface area contributed by atoms with Gasteiger partial charge in [0.05, 0.1) is 17.4 Å². The molecule has 168 valence electrons. The van der Waals surface area contributed by atoms with E-state index in [0.29, 0.717) is 12.6 Å². The number of rotatable bonds is 7. The predicted molar refractivity (Wildman–Crippen MR) is 129 cm³/mol. The first kappa shape index (κ1) is 22.2. The number of nitrogens with one attached hydrogen (secondary N) is 1. The van der Waals surface area contributed by atoms with Crippen LogP contribution < -0.4 is 5.32 Å². The largest absolute Gasteiger partial charge is 0.338 e. The minimum atomic E-state index is -0.0514. The van der Waals surface area contributed by atoms with Gasteiger partial charge in [0.25, 0.3) is 0 Å². The average Bonchev–Trinajstić information content (AvgIpc) is 2.82. The van der Waals surface area contributed by atoms with Crippen molar-refractivity contribution in [3.63, 3.8) is 0 Å². The van der Waals surface area contributed by atoms with Gasteiger partial charge < -0.3 is 10.2 Å². The molecular weight excluding hydrogens is 398 g/mol. The number of hydrogen-bond donors (Lipinski definition) is 1. The average molecular weight is 432 g/mol. The van der Waals surface area contributed by atoms with Crippen molar-refractivity contribution in [3.8, 4) is 0 Å². The third-order valence-corrected chi connectivity index (χ3v) is 6.38. The van der Waals surface area contributed by atoms with Crippen LogP contribution in [0.5, 0.6) is 0 Å². The Labute approximate surface area is 190 Å². The number of nitrogens with zero attached hydrogens (tertiary/aromatic N) is 4. The number of urea groups is 1. The van der Waals surface area contributed by atoms with Crippen LogP contribution in [0.2, 0.25) is 0 Å². The molecule has 3 aromatic rings. The van der Waals surface area contributed by atoms with Gasteiger partial charge in [-0.3, -0.25) is 14.9 Å². The normalized spacial score (nSPS) is 15.6. The molecule has 0 unspecified atom stereocenters. The lowest BCUT2D eigenvalue weighted by atomic mass is 9.90. The Bertz CT molecular complexity index is 1080. The number of aromatic nitrogens is 2. The number of benzene rings is 1. The Morgan fingerprint density at radius 2 is 1.97 bits per heavy atom. The van der Waals surface area contributed by atoms with Gasteiger partial charge in [-0.25, -0.2) is 4.79 Å². The van der Waals surface area contributed by atoms with Gasteiger partial charge in [-0.05, 0) is 61.7 Å². The van der Waals surface area contributed by atoms with Crippen molar-refractivity contribution in [2.75, 3.05) is 27.7 Å². The summed E-state index contributed by atoms with van der Waals surface area (Å²) in [5.41, 5.74) is 4.99. The molecular formula is C26H33N5O. The molecule has 0 bridgehead atoms. The highest BCUT2D eigenvalue weighted by Gasteiger charge is 2.25. The van der Waals surface area contributed by atoms with Crippen molar-refractivity contribution < 1.29 is 4.79 Å². The van der Waals surface area contributed by atoms with E-state index in [1.165, 1.54) is 28.6 Å². The molecule has 2 aromatic heterocycles. The molecule has 6 nitrogen and oxygen atoms in total. The second-order valence-electron chi connectivity index (χ2n) is 8.87. The molecule has 0 spiro atoms. The topological polar surface area (TPSA) is 61.4 Å². The number of hydrogen-bond acceptors (Lipinski definition) is 4. The predicted octanol–water partition coefficient (Wildman–Crippen LogP) is 4.34. The highest BCUT2D eigenvalue weighted by molar-refractivity contribution is 5.85. The molecule has 1 aliphatic rings. The van der Waals surface area contributed by atoms with Gasteiger partial charge in [-0.1, -0.05) is 30.3 Å². The summed E-state index contributed by atoms with van der Waals surface area (Å²) in [6.45, 7) is 1.43. The second kappa shape index (κ2) is 10.1. The van der Waals surface area contributed by atoms with Crippen molar-refractivity contribution in [2.45, 2.75) is 44.7 Å². The molecule has 0 saturated heterocycles. The van der Waals surface area contributed by atoms with E-state index in [1.54, 1.807) is 19.0 Å². The zero-order valence-corrected chi connectivity index (χ0v) is 19.3. The smallest absolute Gasteiger partial charge is 0.316 e. The first-order valence-electron chi connectivity index (χ1n) is 11.5. The fraction of sp³-hybridized carbons (Fsp3) is 0.423. The van der Waals surface area contributed by atoms with Crippen molar-refractivity contribution >= 4 is 16.8 Å². The van der Waals surface area contributed by atoms with Crippen molar-refractivity contribution in [1.29, 1.82) is 0 Å². The summed E-state index contributed by atoms with van der Waals surface area (Å²) in [6, 6.07) is 13.0. The Kier molecular flexibility index (Phi) is 7.00. The minimum Gasteiger partial charge on any atom is -0.338 e. The van der Waals surface area contributed by atoms with Gasteiger partial charge in [0.1, 0.15) is 0 Å². The van der Waals surface area contributed by atoms with Crippen LogP contribution in [0, 0.1) is 0 Å². The number of pyridine rings is 2. The summed E-state index contributed by atoms with van der Waals surface area (Å²) in [5.74, 6) is 0. The van der Waals surface area contributed by atoms with Gasteiger partial charge in [-0.15, -0.1) is 0 Å². The van der Waals surface area contributed by atoms with Crippen molar-refractivity contribution in [2.24, 2.45) is 0 Å². The first-order valence-corrected chi connectivity index (χ1v) is 11.5. The number of carbonyl (C=O) groups is 1. The summed E-state index contributed by atoms with van der Waals surface area (Å²) in [6.07, 6.45) is 9.09. The highest BCUT2D eigenvalue weighted by Crippen LogP contribution is 2.33. The van der Waals surface area contributed by atoms with Gasteiger partial charge >= 0.3 is 6.03 Å². The zero-order chi connectivity index (χ0) is 22.5. The molecule has 2 heterocycles. The second-order valence-corrected chi connectivity index (χ2v) is 8.87. The van der Waals surface area contributed by atoms with E-state index in [-0.39, 0.29) is 6.03 Å². The summed E-state index contributed by atoms with van der Waals surface area (Å²) in [4.78, 5) is 25.4. The molecule has 2 amide bonds. The third-order valence-electron chi connectivity index (χ3n) is 6.38. The maximum atomic E-state index is 11.8. The molecule has 0 saturated carbocycles. The Morgan fingerprint density at radius 1 is 1.12 bits per heavy atom. The molecule has 0 radical (unpaired) electrons. The molecule has 1 aromatic carbocycles. The molecule has 1 N–H and O–H groups in total. The number of carbonyl (C=O) groups excluding carboxylic acids is 1. The number of fused-ring (bicyclic) bond motifs is 2. The van der Waals surface area contributed by atoms with E-state index in [0.717, 1.165) is 43.3 Å². The van der Waals surface area contributed by atoms with Crippen LogP contribution in [0.15, 0.2) is 48.8 Å². The lowest BCUT2D eigenvalue weighted by Gasteiger charge is -2.32. The van der Waals surface area contributed by atoms with E-state index < -0.39 is 0 Å². The van der Waals surface area contributed by atoms with Gasteiger partial charge in [-0.2, -0.15) is 0 Å². The quantitative estimate of drug-likeness (QED) is 0.565. The standard InChI is InChI=1S/C26H33N5O/c1-30(2)26(32)28-16-8-13-22-21-12-5-4-9-20(21)17-29-23(22)18-31(3)24-14-6-10-19-11-7-15-27-25(19)24/h4-5,7,9,11-12,15,17,24H,6,8,10,13-14,16,18H2,1-3H3,(H,28,32)/t24-/m0/s1. The Balaban J connectivity index is 1.54. The molecule has 32 heavy (non-hydrogen) atoms. The monoisotopic (exact) mass is 431 g/mol. The lowest BCUT2D eigenvalue weighted by molar-refractivity contribution is 0.205. The number of amides is 2. The van der Waals surface area contributed by atoms with E-state index in [4.69, 9.17) is 9.97 Å². The van der Waals surface area contributed by atoms with E-state index >= 15 is 0 Å². The maximum absolute atomic E-state index is 11.8. The molecule has 0 fully saturated rings. The SMILES string of the molecule is CN(C)C(=O)NCCCc1c(CN(C)[C@H]2CCCc3cccnc32)ncc2ccccc12. The molecule has 1 atom stereocenters. The zero-order valence-electron chi connectivity index (χ0n) is 19.3. The maximum Gasteiger partial charge on any atom is 0.316 e. The molecule has 1 aliphatic carbocycles. The Morgan fingerprint density at radius 3 is 2.81 bits per heavy atom. The first-order chi connectivity index (χ1) is 15.5. The number of aryl methyl sites for hydroxylation is 2. The van der Waals surface area contributed by atoms with Crippen molar-refractivity contribution in [1.82, 2.24) is 25.1 Å². The summed E-state index contributed by atoms with van der Waals surface area (Å²) < 4.78 is 0. The van der Waals surface area contributed by atoms with Crippen LogP contribution >= 0.6 is 0 Å². The van der Waals surface area contributed by atoms with Crippen LogP contribution in [0.1, 0.15) is 47.8 Å². The third kappa shape index (κ3) is 4.91. The molecule has 4 rings (SSSR count). The summed E-state index contributed by atoms with van der Waals surface area (Å²) >= 11 is 0. The lowest BCUT2D eigenvalue weighted by Crippen LogP contribution is -2.35.